The number of H-pyrrole nitrogens is 1. The van der Waals surface area contributed by atoms with Crippen LogP contribution in [0.5, 0.6) is 0 Å². The lowest BCUT2D eigenvalue weighted by Gasteiger charge is -2.16. The molecular weight excluding hydrogens is 295 g/mol. The van der Waals surface area contributed by atoms with Gasteiger partial charge in [-0.2, -0.15) is 5.21 Å². The third-order valence-electron chi connectivity index (χ3n) is 3.70. The summed E-state index contributed by atoms with van der Waals surface area (Å²) in [6.07, 6.45) is 4.22. The Hall–Kier alpha value is -2.54. The average molecular weight is 314 g/mol. The summed E-state index contributed by atoms with van der Waals surface area (Å²) in [5.41, 5.74) is 2.63. The van der Waals surface area contributed by atoms with Gasteiger partial charge in [-0.3, -0.25) is 4.90 Å². The molecule has 2 heterocycles. The van der Waals surface area contributed by atoms with E-state index in [1.807, 2.05) is 7.05 Å². The molecule has 0 saturated heterocycles. The number of hydrogen-bond acceptors (Lipinski definition) is 4. The van der Waals surface area contributed by atoms with Crippen LogP contribution in [0.3, 0.4) is 0 Å². The zero-order valence-corrected chi connectivity index (χ0v) is 13.2. The topological polar surface area (TPSA) is 62.6 Å². The van der Waals surface area contributed by atoms with E-state index in [4.69, 9.17) is 0 Å². The van der Waals surface area contributed by atoms with Gasteiger partial charge in [0.05, 0.1) is 5.56 Å². The van der Waals surface area contributed by atoms with E-state index in [9.17, 15) is 4.39 Å². The van der Waals surface area contributed by atoms with Gasteiger partial charge in [0.2, 0.25) is 5.82 Å². The molecule has 120 valence electrons. The molecule has 0 radical (unpaired) electrons. The maximum Gasteiger partial charge on any atom is 0.207 e. The molecule has 23 heavy (non-hydrogen) atoms. The molecular formula is C16H19FN6. The Morgan fingerprint density at radius 1 is 1.22 bits per heavy atom. The molecule has 0 bridgehead atoms. The number of rotatable bonds is 6. The molecule has 0 spiro atoms. The highest BCUT2D eigenvalue weighted by molar-refractivity contribution is 5.56. The van der Waals surface area contributed by atoms with Gasteiger partial charge in [0.1, 0.15) is 5.82 Å². The molecule has 0 aliphatic carbocycles. The standard InChI is InChI=1S/C16H19FN6/c1-3-23-7-6-13(11-23)10-22(2)9-12-4-5-15(17)14(8-12)16-18-20-21-19-16/h4-8,11H,3,9-10H2,1-2H3,(H,18,19,20,21). The molecule has 0 aliphatic heterocycles. The quantitative estimate of drug-likeness (QED) is 0.759. The summed E-state index contributed by atoms with van der Waals surface area (Å²) < 4.78 is 16.1. The van der Waals surface area contributed by atoms with E-state index >= 15 is 0 Å². The Morgan fingerprint density at radius 2 is 2.04 bits per heavy atom. The number of aromatic amines is 1. The van der Waals surface area contributed by atoms with E-state index in [0.29, 0.717) is 12.1 Å². The fourth-order valence-electron chi connectivity index (χ4n) is 2.58. The van der Waals surface area contributed by atoms with Crippen molar-refractivity contribution in [3.05, 3.63) is 53.6 Å². The van der Waals surface area contributed by atoms with E-state index in [1.54, 1.807) is 12.1 Å². The van der Waals surface area contributed by atoms with Crippen LogP contribution in [0.15, 0.2) is 36.7 Å². The number of halogens is 1. The number of aryl methyl sites for hydroxylation is 1. The van der Waals surface area contributed by atoms with Gasteiger partial charge >= 0.3 is 0 Å². The zero-order chi connectivity index (χ0) is 16.2. The summed E-state index contributed by atoms with van der Waals surface area (Å²) in [5.74, 6) is -0.0788. The monoisotopic (exact) mass is 314 g/mol. The first-order chi connectivity index (χ1) is 11.2. The van der Waals surface area contributed by atoms with Gasteiger partial charge in [-0.15, -0.1) is 10.2 Å². The maximum atomic E-state index is 13.9. The van der Waals surface area contributed by atoms with Crippen molar-refractivity contribution in [2.24, 2.45) is 0 Å². The van der Waals surface area contributed by atoms with Crippen LogP contribution in [-0.4, -0.2) is 37.1 Å². The third kappa shape index (κ3) is 3.62. The van der Waals surface area contributed by atoms with Crippen molar-refractivity contribution >= 4 is 0 Å². The predicted molar refractivity (Wildman–Crippen MR) is 84.8 cm³/mol. The Morgan fingerprint density at radius 3 is 2.74 bits per heavy atom. The number of aromatic nitrogens is 5. The number of nitrogens with one attached hydrogen (secondary N) is 1. The van der Waals surface area contributed by atoms with Crippen LogP contribution in [0.25, 0.3) is 11.4 Å². The van der Waals surface area contributed by atoms with Crippen molar-refractivity contribution in [1.29, 1.82) is 0 Å². The van der Waals surface area contributed by atoms with E-state index in [2.05, 4.69) is 55.5 Å². The van der Waals surface area contributed by atoms with Gasteiger partial charge in [0.25, 0.3) is 0 Å². The molecule has 0 unspecified atom stereocenters. The van der Waals surface area contributed by atoms with E-state index in [1.165, 1.54) is 11.6 Å². The molecule has 0 aliphatic rings. The maximum absolute atomic E-state index is 13.9. The van der Waals surface area contributed by atoms with E-state index in [0.717, 1.165) is 18.7 Å². The minimum Gasteiger partial charge on any atom is -0.354 e. The van der Waals surface area contributed by atoms with Crippen LogP contribution in [0.1, 0.15) is 18.1 Å². The lowest BCUT2D eigenvalue weighted by atomic mass is 10.1. The SMILES string of the molecule is CCn1ccc(CN(C)Cc2ccc(F)c(-c3nn[nH]n3)c2)c1. The van der Waals surface area contributed by atoms with Crippen molar-refractivity contribution in [1.82, 2.24) is 30.1 Å². The molecule has 7 heteroatoms. The van der Waals surface area contributed by atoms with Crippen LogP contribution in [0.4, 0.5) is 4.39 Å². The summed E-state index contributed by atoms with van der Waals surface area (Å²) in [4.78, 5) is 2.18. The lowest BCUT2D eigenvalue weighted by Crippen LogP contribution is -2.17. The van der Waals surface area contributed by atoms with Gasteiger partial charge in [0, 0.05) is 32.0 Å². The number of tetrazole rings is 1. The fraction of sp³-hybridized carbons (Fsp3) is 0.312. The van der Waals surface area contributed by atoms with Gasteiger partial charge in [0.15, 0.2) is 0 Å². The Kier molecular flexibility index (Phi) is 4.47. The largest absolute Gasteiger partial charge is 0.354 e. The molecule has 1 N–H and O–H groups in total. The van der Waals surface area contributed by atoms with Crippen molar-refractivity contribution in [3.8, 4) is 11.4 Å². The van der Waals surface area contributed by atoms with E-state index in [-0.39, 0.29) is 11.6 Å². The molecule has 0 saturated carbocycles. The third-order valence-corrected chi connectivity index (χ3v) is 3.70. The van der Waals surface area contributed by atoms with Crippen molar-refractivity contribution < 1.29 is 4.39 Å². The summed E-state index contributed by atoms with van der Waals surface area (Å²) >= 11 is 0. The number of benzene rings is 1. The highest BCUT2D eigenvalue weighted by Gasteiger charge is 2.11. The molecule has 0 amide bonds. The Bertz CT molecular complexity index is 765. The number of nitrogens with zero attached hydrogens (tertiary/aromatic N) is 5. The smallest absolute Gasteiger partial charge is 0.207 e. The first-order valence-corrected chi connectivity index (χ1v) is 7.51. The lowest BCUT2D eigenvalue weighted by molar-refractivity contribution is 0.319. The van der Waals surface area contributed by atoms with E-state index < -0.39 is 0 Å². The first kappa shape index (κ1) is 15.4. The molecule has 3 aromatic rings. The molecule has 1 aromatic carbocycles. The summed E-state index contributed by atoms with van der Waals surface area (Å²) in [6, 6.07) is 7.12. The second kappa shape index (κ2) is 6.70. The molecule has 3 rings (SSSR count). The minimum absolute atomic E-state index is 0.270. The minimum atomic E-state index is -0.349. The van der Waals surface area contributed by atoms with Crippen LogP contribution < -0.4 is 0 Å². The van der Waals surface area contributed by atoms with Crippen molar-refractivity contribution in [2.45, 2.75) is 26.6 Å². The second-order valence-electron chi connectivity index (χ2n) is 5.57. The molecule has 6 nitrogen and oxygen atoms in total. The average Bonchev–Trinajstić information content (AvgIpc) is 3.20. The van der Waals surface area contributed by atoms with Gasteiger partial charge < -0.3 is 4.57 Å². The van der Waals surface area contributed by atoms with Crippen LogP contribution in [0.2, 0.25) is 0 Å². The zero-order valence-electron chi connectivity index (χ0n) is 13.2. The van der Waals surface area contributed by atoms with Crippen LogP contribution in [0, 0.1) is 5.82 Å². The summed E-state index contributed by atoms with van der Waals surface area (Å²) in [6.45, 7) is 4.63. The van der Waals surface area contributed by atoms with Gasteiger partial charge in [-0.25, -0.2) is 4.39 Å². The van der Waals surface area contributed by atoms with Gasteiger partial charge in [-0.05, 0) is 48.5 Å². The predicted octanol–water partition coefficient (Wildman–Crippen LogP) is 2.46. The highest BCUT2D eigenvalue weighted by atomic mass is 19.1. The number of hydrogen-bond donors (Lipinski definition) is 1. The van der Waals surface area contributed by atoms with Crippen LogP contribution >= 0.6 is 0 Å². The Balaban J connectivity index is 1.71. The highest BCUT2D eigenvalue weighted by Crippen LogP contribution is 2.20. The summed E-state index contributed by atoms with van der Waals surface area (Å²) in [7, 11) is 2.04. The molecule has 0 atom stereocenters. The Labute approximate surface area is 133 Å². The van der Waals surface area contributed by atoms with Crippen molar-refractivity contribution in [3.63, 3.8) is 0 Å². The van der Waals surface area contributed by atoms with Crippen LogP contribution in [-0.2, 0) is 19.6 Å². The summed E-state index contributed by atoms with van der Waals surface area (Å²) in [5, 5.41) is 13.5. The molecule has 0 fully saturated rings. The van der Waals surface area contributed by atoms with Gasteiger partial charge in [-0.1, -0.05) is 6.07 Å². The second-order valence-corrected chi connectivity index (χ2v) is 5.57. The fourth-order valence-corrected chi connectivity index (χ4v) is 2.58. The normalized spacial score (nSPS) is 11.3. The molecule has 2 aromatic heterocycles. The van der Waals surface area contributed by atoms with Crippen molar-refractivity contribution in [2.75, 3.05) is 7.05 Å². The first-order valence-electron chi connectivity index (χ1n) is 7.51.